The average Bonchev–Trinajstić information content (AvgIpc) is 3.98. The highest BCUT2D eigenvalue weighted by Crippen LogP contribution is 2.49. The number of aryl methyl sites for hydroxylation is 1. The van der Waals surface area contributed by atoms with Crippen molar-refractivity contribution in [2.24, 2.45) is 21.8 Å². The number of rotatable bonds is 5. The summed E-state index contributed by atoms with van der Waals surface area (Å²) in [6.07, 6.45) is 9.62. The van der Waals surface area contributed by atoms with Crippen LogP contribution in [0.15, 0.2) is 232 Å². The Hall–Kier alpha value is -8.60. The Morgan fingerprint density at radius 1 is 0.560 bits per heavy atom. The van der Waals surface area contributed by atoms with Crippen molar-refractivity contribution < 1.29 is 4.42 Å². The first-order chi connectivity index (χ1) is 37.0. The fourth-order valence-corrected chi connectivity index (χ4v) is 13.3. The van der Waals surface area contributed by atoms with Crippen molar-refractivity contribution in [1.82, 2.24) is 4.57 Å². The van der Waals surface area contributed by atoms with Crippen molar-refractivity contribution in [1.29, 1.82) is 0 Å². The molecule has 0 amide bonds. The first-order valence-corrected chi connectivity index (χ1v) is 27.0. The van der Waals surface area contributed by atoms with E-state index in [2.05, 4.69) is 231 Å². The second-order valence-corrected chi connectivity index (χ2v) is 21.6. The molecule has 75 heavy (non-hydrogen) atoms. The Bertz CT molecular complexity index is 4450. The number of furan rings is 1. The van der Waals surface area contributed by atoms with Crippen molar-refractivity contribution >= 4 is 93.2 Å². The standard InChI is InChI=1S/C71H55N3O/c1-43-27-33-56-54(34-32-50-38-48-18-8-9-19-49(48)40-61(50)62(56)37-43)52-41-63(67-60-35-31-46-16-10-11-22-55(46)70(60)75-66(67)42-52)68-44(2)28-36-64(72-71(73-68)51-30-29-45-15-6-7-17-47(45)39-51)59-25-14-24-58-57-23-12-13-26-65(57)74(69(58)59)53-20-4-3-5-21-53/h3-27,29-31,33,35,38-44,54,68H,28,32,34,36-37H2,1-2H3. The predicted molar refractivity (Wildman–Crippen MR) is 315 cm³/mol. The van der Waals surface area contributed by atoms with Crippen molar-refractivity contribution in [2.45, 2.75) is 57.9 Å². The number of hydrogen-bond acceptors (Lipinski definition) is 3. The smallest absolute Gasteiger partial charge is 0.155 e. The number of nitrogens with zero attached hydrogens (tertiary/aromatic N) is 3. The molecule has 0 spiro atoms. The minimum Gasteiger partial charge on any atom is -0.455 e. The van der Waals surface area contributed by atoms with Crippen LogP contribution in [0.3, 0.4) is 0 Å². The third-order valence-corrected chi connectivity index (χ3v) is 17.0. The van der Waals surface area contributed by atoms with Crippen LogP contribution in [0.5, 0.6) is 0 Å². The zero-order valence-corrected chi connectivity index (χ0v) is 42.3. The van der Waals surface area contributed by atoms with Crippen molar-refractivity contribution in [3.05, 3.63) is 251 Å². The van der Waals surface area contributed by atoms with Crippen molar-refractivity contribution in [3.63, 3.8) is 0 Å². The zero-order chi connectivity index (χ0) is 49.7. The van der Waals surface area contributed by atoms with Crippen LogP contribution in [0.2, 0.25) is 0 Å². The predicted octanol–water partition coefficient (Wildman–Crippen LogP) is 18.6. The molecule has 0 saturated carbocycles. The summed E-state index contributed by atoms with van der Waals surface area (Å²) in [4.78, 5) is 11.9. The van der Waals surface area contributed by atoms with Crippen LogP contribution in [0.25, 0.3) is 87.3 Å². The number of amidine groups is 1. The van der Waals surface area contributed by atoms with Gasteiger partial charge in [0.25, 0.3) is 0 Å². The summed E-state index contributed by atoms with van der Waals surface area (Å²) in [5.41, 5.74) is 16.9. The van der Waals surface area contributed by atoms with Gasteiger partial charge >= 0.3 is 0 Å². The van der Waals surface area contributed by atoms with Gasteiger partial charge < -0.3 is 8.98 Å². The SMILES string of the molecule is CC1C=CC2=C(C1)c1cc3ccccc3cc1CCC2c1cc(C2N=C(c3ccc4ccccc4c3)N=C(c3cccc4c5ccccc5n(-c5ccccc5)c34)CCC2C)c2c(c1)oc1c3ccccc3ccc12. The summed E-state index contributed by atoms with van der Waals surface area (Å²) in [6.45, 7) is 4.79. The van der Waals surface area contributed by atoms with Crippen LogP contribution < -0.4 is 0 Å². The van der Waals surface area contributed by atoms with Gasteiger partial charge in [0.05, 0.1) is 22.8 Å². The van der Waals surface area contributed by atoms with Crippen molar-refractivity contribution in [2.75, 3.05) is 0 Å². The minimum atomic E-state index is -0.221. The fourth-order valence-electron chi connectivity index (χ4n) is 13.3. The maximum atomic E-state index is 7.25. The Labute approximate surface area is 436 Å². The van der Waals surface area contributed by atoms with E-state index in [-0.39, 0.29) is 17.9 Å². The second-order valence-electron chi connectivity index (χ2n) is 21.6. The van der Waals surface area contributed by atoms with Crippen LogP contribution in [-0.4, -0.2) is 16.1 Å². The van der Waals surface area contributed by atoms with Crippen LogP contribution in [0.4, 0.5) is 0 Å². The van der Waals surface area contributed by atoms with Gasteiger partial charge in [-0.05, 0) is 147 Å². The average molecular weight is 966 g/mol. The van der Waals surface area contributed by atoms with Gasteiger partial charge in [-0.3, -0.25) is 4.99 Å². The first kappa shape index (κ1) is 43.9. The highest BCUT2D eigenvalue weighted by molar-refractivity contribution is 6.22. The van der Waals surface area contributed by atoms with E-state index in [9.17, 15) is 0 Å². The molecule has 4 unspecified atom stereocenters. The lowest BCUT2D eigenvalue weighted by Gasteiger charge is -2.28. The Kier molecular flexibility index (Phi) is 10.3. The van der Waals surface area contributed by atoms with Gasteiger partial charge in [0.15, 0.2) is 5.84 Å². The molecular weight excluding hydrogens is 911 g/mol. The maximum Gasteiger partial charge on any atom is 0.155 e. The third-order valence-electron chi connectivity index (χ3n) is 17.0. The summed E-state index contributed by atoms with van der Waals surface area (Å²) in [6, 6.07) is 73.5. The molecule has 2 aliphatic carbocycles. The molecule has 1 aliphatic heterocycles. The fraction of sp³-hybridized carbons (Fsp3) is 0.155. The van der Waals surface area contributed by atoms with E-state index < -0.39 is 0 Å². The molecule has 360 valence electrons. The van der Waals surface area contributed by atoms with Crippen LogP contribution in [0, 0.1) is 11.8 Å². The number of allylic oxidation sites excluding steroid dienone is 4. The van der Waals surface area contributed by atoms with E-state index in [0.717, 1.165) is 87.8 Å². The molecular formula is C71H55N3O. The molecule has 0 N–H and O–H groups in total. The normalized spacial score (nSPS) is 19.1. The number of aliphatic imine (C=N–C) groups is 2. The number of hydrogen-bond donors (Lipinski definition) is 0. The Balaban J connectivity index is 0.976. The molecule has 3 heterocycles. The summed E-state index contributed by atoms with van der Waals surface area (Å²) in [7, 11) is 0. The molecule has 4 nitrogen and oxygen atoms in total. The monoisotopic (exact) mass is 965 g/mol. The molecule has 0 saturated heterocycles. The Morgan fingerprint density at radius 3 is 2.13 bits per heavy atom. The van der Waals surface area contributed by atoms with E-state index in [1.54, 1.807) is 0 Å². The molecule has 15 rings (SSSR count). The largest absolute Gasteiger partial charge is 0.455 e. The lowest BCUT2D eigenvalue weighted by Crippen LogP contribution is -2.19. The van der Waals surface area contributed by atoms with E-state index in [1.165, 1.54) is 82.1 Å². The summed E-state index contributed by atoms with van der Waals surface area (Å²) >= 11 is 0. The lowest BCUT2D eigenvalue weighted by atomic mass is 9.78. The number of aromatic nitrogens is 1. The first-order valence-electron chi connectivity index (χ1n) is 27.0. The van der Waals surface area contributed by atoms with Gasteiger partial charge in [-0.15, -0.1) is 0 Å². The molecule has 0 bridgehead atoms. The quantitative estimate of drug-likeness (QED) is 0.169. The summed E-state index contributed by atoms with van der Waals surface area (Å²) in [5.74, 6) is 1.53. The van der Waals surface area contributed by atoms with Gasteiger partial charge in [0.2, 0.25) is 0 Å². The summed E-state index contributed by atoms with van der Waals surface area (Å²) < 4.78 is 9.69. The van der Waals surface area contributed by atoms with Crippen LogP contribution in [-0.2, 0) is 6.42 Å². The molecule has 12 aromatic rings. The topological polar surface area (TPSA) is 42.8 Å². The zero-order valence-electron chi connectivity index (χ0n) is 42.3. The van der Waals surface area contributed by atoms with Crippen molar-refractivity contribution in [3.8, 4) is 5.69 Å². The molecule has 0 fully saturated rings. The van der Waals surface area contributed by atoms with Crippen LogP contribution in [0.1, 0.15) is 84.9 Å². The molecule has 10 aromatic carbocycles. The van der Waals surface area contributed by atoms with Gasteiger partial charge in [-0.2, -0.15) is 0 Å². The molecule has 4 heteroatoms. The van der Waals surface area contributed by atoms with Gasteiger partial charge in [-0.1, -0.05) is 184 Å². The lowest BCUT2D eigenvalue weighted by molar-refractivity contribution is 0.448. The number of fused-ring (bicyclic) bond motifs is 12. The molecule has 4 atom stereocenters. The molecule has 2 aromatic heterocycles. The molecule has 0 radical (unpaired) electrons. The Morgan fingerprint density at radius 2 is 1.28 bits per heavy atom. The molecule has 3 aliphatic rings. The van der Waals surface area contributed by atoms with E-state index >= 15 is 0 Å². The van der Waals surface area contributed by atoms with E-state index in [1.807, 2.05) is 0 Å². The van der Waals surface area contributed by atoms with Crippen LogP contribution >= 0.6 is 0 Å². The van der Waals surface area contributed by atoms with Gasteiger partial charge in [0, 0.05) is 49.7 Å². The third kappa shape index (κ3) is 7.25. The highest BCUT2D eigenvalue weighted by atomic mass is 16.3. The summed E-state index contributed by atoms with van der Waals surface area (Å²) in [5, 5.41) is 12.0. The van der Waals surface area contributed by atoms with Gasteiger partial charge in [0.1, 0.15) is 11.2 Å². The maximum absolute atomic E-state index is 7.25. The highest BCUT2D eigenvalue weighted by Gasteiger charge is 2.33. The number of benzene rings is 10. The van der Waals surface area contributed by atoms with Gasteiger partial charge in [-0.25, -0.2) is 4.99 Å². The second kappa shape index (κ2) is 17.5. The number of para-hydroxylation sites is 3. The van der Waals surface area contributed by atoms with E-state index in [0.29, 0.717) is 5.92 Å². The van der Waals surface area contributed by atoms with E-state index in [4.69, 9.17) is 14.4 Å². The minimum absolute atomic E-state index is 0.144.